The number of rotatable bonds is 6. The number of aliphatic hydroxyl groups is 1. The maximum Gasteiger partial charge on any atom is 0.137 e. The molecule has 0 aromatic heterocycles. The highest BCUT2D eigenvalue weighted by atomic mass is 16.5. The fourth-order valence-electron chi connectivity index (χ4n) is 2.05. The van der Waals surface area contributed by atoms with Crippen LogP contribution in [0.25, 0.3) is 0 Å². The molecule has 0 radical (unpaired) electrons. The van der Waals surface area contributed by atoms with E-state index in [1.807, 2.05) is 26.8 Å². The summed E-state index contributed by atoms with van der Waals surface area (Å²) in [7, 11) is 0. The Labute approximate surface area is 116 Å². The van der Waals surface area contributed by atoms with Gasteiger partial charge in [-0.05, 0) is 36.0 Å². The Morgan fingerprint density at radius 2 is 1.84 bits per heavy atom. The van der Waals surface area contributed by atoms with Gasteiger partial charge in [-0.3, -0.25) is 0 Å². The third kappa shape index (κ3) is 4.22. The molecule has 19 heavy (non-hydrogen) atoms. The van der Waals surface area contributed by atoms with E-state index in [1.165, 1.54) is 0 Å². The highest BCUT2D eigenvalue weighted by Gasteiger charge is 2.23. The molecule has 0 aliphatic carbocycles. The fraction of sp³-hybridized carbons (Fsp3) is 0.625. The summed E-state index contributed by atoms with van der Waals surface area (Å²) in [6.07, 6.45) is -0.362. The average molecular weight is 265 g/mol. The van der Waals surface area contributed by atoms with E-state index in [0.717, 1.165) is 16.9 Å². The Morgan fingerprint density at radius 1 is 1.21 bits per heavy atom. The van der Waals surface area contributed by atoms with Crippen LogP contribution in [0, 0.1) is 12.8 Å². The SMILES string of the molecule is Cc1ccc(C(C)C)c(OC(CO)C(N)C(C)C)c1. The molecule has 0 amide bonds. The van der Waals surface area contributed by atoms with Crippen LogP contribution in [0.15, 0.2) is 18.2 Å². The second-order valence-corrected chi connectivity index (χ2v) is 5.86. The van der Waals surface area contributed by atoms with Gasteiger partial charge in [-0.15, -0.1) is 0 Å². The van der Waals surface area contributed by atoms with Gasteiger partial charge < -0.3 is 15.6 Å². The minimum atomic E-state index is -0.362. The van der Waals surface area contributed by atoms with Crippen LogP contribution in [-0.2, 0) is 0 Å². The van der Waals surface area contributed by atoms with E-state index in [1.54, 1.807) is 0 Å². The molecule has 1 rings (SSSR count). The molecular weight excluding hydrogens is 238 g/mol. The van der Waals surface area contributed by atoms with Crippen LogP contribution in [0.4, 0.5) is 0 Å². The summed E-state index contributed by atoms with van der Waals surface area (Å²) in [5.41, 5.74) is 8.40. The second kappa shape index (κ2) is 6.92. The third-order valence-electron chi connectivity index (χ3n) is 3.45. The molecule has 108 valence electrons. The summed E-state index contributed by atoms with van der Waals surface area (Å²) in [4.78, 5) is 0. The number of aryl methyl sites for hydroxylation is 1. The summed E-state index contributed by atoms with van der Waals surface area (Å²) in [5, 5.41) is 9.50. The maximum atomic E-state index is 9.50. The van der Waals surface area contributed by atoms with Gasteiger partial charge in [0.05, 0.1) is 6.61 Å². The molecule has 0 fully saturated rings. The van der Waals surface area contributed by atoms with Crippen LogP contribution in [0.5, 0.6) is 5.75 Å². The molecular formula is C16H27NO2. The zero-order valence-corrected chi connectivity index (χ0v) is 12.7. The molecule has 3 nitrogen and oxygen atoms in total. The van der Waals surface area contributed by atoms with E-state index in [-0.39, 0.29) is 24.7 Å². The van der Waals surface area contributed by atoms with E-state index < -0.39 is 0 Å². The minimum Gasteiger partial charge on any atom is -0.486 e. The van der Waals surface area contributed by atoms with Gasteiger partial charge in [0.2, 0.25) is 0 Å². The lowest BCUT2D eigenvalue weighted by molar-refractivity contribution is 0.0800. The first kappa shape index (κ1) is 16.0. The molecule has 1 aromatic rings. The molecule has 0 saturated heterocycles. The van der Waals surface area contributed by atoms with E-state index in [2.05, 4.69) is 26.0 Å². The highest BCUT2D eigenvalue weighted by molar-refractivity contribution is 5.39. The molecule has 1 aromatic carbocycles. The molecule has 3 heteroatoms. The average Bonchev–Trinajstić information content (AvgIpc) is 2.34. The van der Waals surface area contributed by atoms with Crippen molar-refractivity contribution in [1.29, 1.82) is 0 Å². The lowest BCUT2D eigenvalue weighted by Gasteiger charge is -2.27. The first-order valence-corrected chi connectivity index (χ1v) is 7.00. The van der Waals surface area contributed by atoms with Crippen LogP contribution >= 0.6 is 0 Å². The molecule has 0 spiro atoms. The Kier molecular flexibility index (Phi) is 5.83. The van der Waals surface area contributed by atoms with Gasteiger partial charge in [0.15, 0.2) is 0 Å². The van der Waals surface area contributed by atoms with Crippen molar-refractivity contribution in [2.75, 3.05) is 6.61 Å². The number of hydrogen-bond acceptors (Lipinski definition) is 3. The summed E-state index contributed by atoms with van der Waals surface area (Å²) in [5.74, 6) is 1.49. The Balaban J connectivity index is 2.99. The molecule has 0 bridgehead atoms. The summed E-state index contributed by atoms with van der Waals surface area (Å²) < 4.78 is 5.98. The van der Waals surface area contributed by atoms with Crippen molar-refractivity contribution >= 4 is 0 Å². The predicted octanol–water partition coefficient (Wildman–Crippen LogP) is 2.84. The topological polar surface area (TPSA) is 55.5 Å². The Bertz CT molecular complexity index is 402. The molecule has 2 unspecified atom stereocenters. The van der Waals surface area contributed by atoms with Crippen LogP contribution in [-0.4, -0.2) is 23.9 Å². The van der Waals surface area contributed by atoms with E-state index in [9.17, 15) is 5.11 Å². The molecule has 0 aliphatic heterocycles. The van der Waals surface area contributed by atoms with Crippen molar-refractivity contribution in [3.05, 3.63) is 29.3 Å². The van der Waals surface area contributed by atoms with Crippen LogP contribution in [0.2, 0.25) is 0 Å². The van der Waals surface area contributed by atoms with Gasteiger partial charge in [-0.25, -0.2) is 0 Å². The van der Waals surface area contributed by atoms with Crippen LogP contribution in [0.3, 0.4) is 0 Å². The first-order chi connectivity index (χ1) is 8.86. The molecule has 0 saturated carbocycles. The van der Waals surface area contributed by atoms with Crippen molar-refractivity contribution in [2.24, 2.45) is 11.7 Å². The Morgan fingerprint density at radius 3 is 2.32 bits per heavy atom. The number of benzene rings is 1. The zero-order valence-electron chi connectivity index (χ0n) is 12.7. The van der Waals surface area contributed by atoms with E-state index in [0.29, 0.717) is 5.92 Å². The Hall–Kier alpha value is -1.06. The maximum absolute atomic E-state index is 9.50. The number of aliphatic hydroxyl groups excluding tert-OH is 1. The van der Waals surface area contributed by atoms with Gasteiger partial charge in [0.1, 0.15) is 11.9 Å². The van der Waals surface area contributed by atoms with Crippen molar-refractivity contribution in [3.63, 3.8) is 0 Å². The molecule has 0 heterocycles. The van der Waals surface area contributed by atoms with Gasteiger partial charge >= 0.3 is 0 Å². The number of nitrogens with two attached hydrogens (primary N) is 1. The summed E-state index contributed by atoms with van der Waals surface area (Å²) >= 11 is 0. The van der Waals surface area contributed by atoms with Crippen LogP contribution in [0.1, 0.15) is 44.7 Å². The smallest absolute Gasteiger partial charge is 0.137 e. The third-order valence-corrected chi connectivity index (χ3v) is 3.45. The quantitative estimate of drug-likeness (QED) is 0.831. The van der Waals surface area contributed by atoms with E-state index >= 15 is 0 Å². The molecule has 0 aliphatic rings. The van der Waals surface area contributed by atoms with Gasteiger partial charge in [0, 0.05) is 6.04 Å². The standard InChI is InChI=1S/C16H27NO2/c1-10(2)13-7-6-12(5)8-14(13)19-15(9-18)16(17)11(3)4/h6-8,10-11,15-16,18H,9,17H2,1-5H3. The molecule has 3 N–H and O–H groups in total. The normalized spacial score (nSPS) is 14.8. The largest absolute Gasteiger partial charge is 0.486 e. The van der Waals surface area contributed by atoms with Crippen molar-refractivity contribution in [1.82, 2.24) is 0 Å². The summed E-state index contributed by atoms with van der Waals surface area (Å²) in [6, 6.07) is 6.01. The highest BCUT2D eigenvalue weighted by Crippen LogP contribution is 2.29. The second-order valence-electron chi connectivity index (χ2n) is 5.86. The minimum absolute atomic E-state index is 0.0647. The number of hydrogen-bond donors (Lipinski definition) is 2. The van der Waals surface area contributed by atoms with Crippen LogP contribution < -0.4 is 10.5 Å². The van der Waals surface area contributed by atoms with Crippen molar-refractivity contribution in [3.8, 4) is 5.75 Å². The van der Waals surface area contributed by atoms with Gasteiger partial charge in [0.25, 0.3) is 0 Å². The summed E-state index contributed by atoms with van der Waals surface area (Å²) in [6.45, 7) is 10.3. The lowest BCUT2D eigenvalue weighted by atomic mass is 9.98. The number of ether oxygens (including phenoxy) is 1. The lowest BCUT2D eigenvalue weighted by Crippen LogP contribution is -2.45. The van der Waals surface area contributed by atoms with Gasteiger partial charge in [-0.2, -0.15) is 0 Å². The predicted molar refractivity (Wildman–Crippen MR) is 79.6 cm³/mol. The fourth-order valence-corrected chi connectivity index (χ4v) is 2.05. The van der Waals surface area contributed by atoms with Crippen molar-refractivity contribution in [2.45, 2.75) is 52.7 Å². The van der Waals surface area contributed by atoms with Crippen molar-refractivity contribution < 1.29 is 9.84 Å². The monoisotopic (exact) mass is 265 g/mol. The van der Waals surface area contributed by atoms with E-state index in [4.69, 9.17) is 10.5 Å². The first-order valence-electron chi connectivity index (χ1n) is 7.00. The van der Waals surface area contributed by atoms with Gasteiger partial charge in [-0.1, -0.05) is 39.8 Å². The molecule has 2 atom stereocenters. The zero-order chi connectivity index (χ0) is 14.6.